The highest BCUT2D eigenvalue weighted by Gasteiger charge is 2.31. The van der Waals surface area contributed by atoms with Crippen LogP contribution in [0.1, 0.15) is 39.2 Å². The zero-order chi connectivity index (χ0) is 16.3. The van der Waals surface area contributed by atoms with Gasteiger partial charge in [0.05, 0.1) is 12.1 Å². The molecular weight excluding hydrogens is 337 g/mol. The number of rotatable bonds is 5. The van der Waals surface area contributed by atoms with Crippen LogP contribution in [-0.2, 0) is 14.9 Å². The first-order valence-corrected chi connectivity index (χ1v) is 8.03. The molecule has 0 saturated carbocycles. The molecule has 23 heavy (non-hydrogen) atoms. The Morgan fingerprint density at radius 1 is 1.43 bits per heavy atom. The fourth-order valence-corrected chi connectivity index (χ4v) is 2.74. The van der Waals surface area contributed by atoms with Gasteiger partial charge in [-0.3, -0.25) is 4.79 Å². The van der Waals surface area contributed by atoms with Gasteiger partial charge in [-0.05, 0) is 29.5 Å². The molecule has 6 heteroatoms. The van der Waals surface area contributed by atoms with Crippen LogP contribution in [0.25, 0.3) is 0 Å². The molecule has 0 aliphatic carbocycles. The molecule has 2 atom stereocenters. The minimum atomic E-state index is -0.299. The van der Waals surface area contributed by atoms with E-state index in [9.17, 15) is 4.79 Å². The summed E-state index contributed by atoms with van der Waals surface area (Å²) >= 11 is 6.36. The summed E-state index contributed by atoms with van der Waals surface area (Å²) in [4.78, 5) is 11.5. The van der Waals surface area contributed by atoms with Gasteiger partial charge in [-0.15, -0.1) is 12.4 Å². The molecule has 4 nitrogen and oxygen atoms in total. The summed E-state index contributed by atoms with van der Waals surface area (Å²) in [5, 5.41) is 3.71. The van der Waals surface area contributed by atoms with E-state index < -0.39 is 0 Å². The zero-order valence-electron chi connectivity index (χ0n) is 14.0. The lowest BCUT2D eigenvalue weighted by atomic mass is 9.82. The van der Waals surface area contributed by atoms with E-state index >= 15 is 0 Å². The monoisotopic (exact) mass is 361 g/mol. The maximum absolute atomic E-state index is 11.5. The summed E-state index contributed by atoms with van der Waals surface area (Å²) in [5.41, 5.74) is 1.29. The highest BCUT2D eigenvalue weighted by molar-refractivity contribution is 6.32. The van der Waals surface area contributed by atoms with Crippen LogP contribution in [0.4, 0.5) is 0 Å². The molecule has 1 aliphatic rings. The van der Waals surface area contributed by atoms with Gasteiger partial charge in [0.2, 0.25) is 0 Å². The predicted octanol–water partition coefficient (Wildman–Crippen LogP) is 3.73. The first-order chi connectivity index (χ1) is 10.4. The number of carbonyl (C=O) groups is 1. The Bertz CT molecular complexity index is 549. The minimum absolute atomic E-state index is 0. The Morgan fingerprint density at radius 2 is 2.13 bits per heavy atom. The van der Waals surface area contributed by atoms with Crippen molar-refractivity contribution in [3.05, 3.63) is 28.8 Å². The van der Waals surface area contributed by atoms with E-state index in [-0.39, 0.29) is 35.9 Å². The summed E-state index contributed by atoms with van der Waals surface area (Å²) in [6.45, 7) is 7.16. The molecule has 1 aromatic carbocycles. The van der Waals surface area contributed by atoms with Crippen molar-refractivity contribution < 1.29 is 14.3 Å². The Morgan fingerprint density at radius 3 is 2.70 bits per heavy atom. The first kappa shape index (κ1) is 20.1. The SMILES string of the molecule is CCC(C)(C)c1ccc(O[C@H]2CN[C@H](C(=O)OC)C2)c(Cl)c1.Cl. The summed E-state index contributed by atoms with van der Waals surface area (Å²) in [6, 6.07) is 5.65. The smallest absolute Gasteiger partial charge is 0.323 e. The number of methoxy groups -OCH3 is 1. The highest BCUT2D eigenvalue weighted by atomic mass is 35.5. The van der Waals surface area contributed by atoms with Gasteiger partial charge in [-0.1, -0.05) is 38.4 Å². The molecule has 2 rings (SSSR count). The van der Waals surface area contributed by atoms with E-state index in [0.29, 0.717) is 23.7 Å². The maximum Gasteiger partial charge on any atom is 0.323 e. The third-order valence-corrected chi connectivity index (χ3v) is 4.76. The van der Waals surface area contributed by atoms with Crippen LogP contribution in [0, 0.1) is 0 Å². The Balaban J connectivity index is 0.00000264. The van der Waals surface area contributed by atoms with E-state index in [0.717, 1.165) is 6.42 Å². The summed E-state index contributed by atoms with van der Waals surface area (Å²) in [5.74, 6) is 0.409. The van der Waals surface area contributed by atoms with Crippen molar-refractivity contribution in [2.75, 3.05) is 13.7 Å². The summed E-state index contributed by atoms with van der Waals surface area (Å²) < 4.78 is 10.7. The minimum Gasteiger partial charge on any atom is -0.487 e. The van der Waals surface area contributed by atoms with E-state index in [4.69, 9.17) is 21.1 Å². The quantitative estimate of drug-likeness (QED) is 0.811. The molecular formula is C17H25Cl2NO3. The van der Waals surface area contributed by atoms with Crippen molar-refractivity contribution in [3.63, 3.8) is 0 Å². The fraction of sp³-hybridized carbons (Fsp3) is 0.588. The average Bonchev–Trinajstić information content (AvgIpc) is 2.97. The number of ether oxygens (including phenoxy) is 2. The number of hydrogen-bond donors (Lipinski definition) is 1. The van der Waals surface area contributed by atoms with Crippen molar-refractivity contribution >= 4 is 30.0 Å². The van der Waals surface area contributed by atoms with Gasteiger partial charge in [-0.2, -0.15) is 0 Å². The first-order valence-electron chi connectivity index (χ1n) is 7.65. The molecule has 0 spiro atoms. The van der Waals surface area contributed by atoms with Crippen molar-refractivity contribution in [2.24, 2.45) is 0 Å². The lowest BCUT2D eigenvalue weighted by Gasteiger charge is -2.24. The van der Waals surface area contributed by atoms with E-state index in [1.54, 1.807) is 0 Å². The molecule has 1 heterocycles. The molecule has 0 unspecified atom stereocenters. The third kappa shape index (κ3) is 4.75. The van der Waals surface area contributed by atoms with Gasteiger partial charge in [0.1, 0.15) is 17.9 Å². The maximum atomic E-state index is 11.5. The summed E-state index contributed by atoms with van der Waals surface area (Å²) in [7, 11) is 1.39. The van der Waals surface area contributed by atoms with Crippen molar-refractivity contribution in [2.45, 2.75) is 51.2 Å². The molecule has 0 amide bonds. The lowest BCUT2D eigenvalue weighted by molar-refractivity contribution is -0.142. The van der Waals surface area contributed by atoms with Crippen molar-refractivity contribution in [3.8, 4) is 5.75 Å². The van der Waals surface area contributed by atoms with Gasteiger partial charge in [0.25, 0.3) is 0 Å². The lowest BCUT2D eigenvalue weighted by Crippen LogP contribution is -2.31. The second-order valence-electron chi connectivity index (χ2n) is 6.34. The number of nitrogens with one attached hydrogen (secondary N) is 1. The summed E-state index contributed by atoms with van der Waals surface area (Å²) in [6.07, 6.45) is 1.55. The van der Waals surface area contributed by atoms with E-state index in [1.807, 2.05) is 12.1 Å². The van der Waals surface area contributed by atoms with Gasteiger partial charge >= 0.3 is 5.97 Å². The molecule has 0 bridgehead atoms. The Hall–Kier alpha value is -0.970. The van der Waals surface area contributed by atoms with Gasteiger partial charge in [0.15, 0.2) is 0 Å². The normalized spacial score (nSPS) is 20.7. The van der Waals surface area contributed by atoms with Gasteiger partial charge in [0, 0.05) is 13.0 Å². The number of benzene rings is 1. The topological polar surface area (TPSA) is 47.6 Å². The van der Waals surface area contributed by atoms with Crippen LogP contribution in [0.3, 0.4) is 0 Å². The number of carbonyl (C=O) groups excluding carboxylic acids is 1. The highest BCUT2D eigenvalue weighted by Crippen LogP contribution is 2.34. The largest absolute Gasteiger partial charge is 0.487 e. The zero-order valence-corrected chi connectivity index (χ0v) is 15.6. The Labute approximate surface area is 149 Å². The van der Waals surface area contributed by atoms with E-state index in [1.165, 1.54) is 12.7 Å². The van der Waals surface area contributed by atoms with Crippen LogP contribution in [0.15, 0.2) is 18.2 Å². The molecule has 1 fully saturated rings. The van der Waals surface area contributed by atoms with Gasteiger partial charge < -0.3 is 14.8 Å². The number of halogens is 2. The molecule has 130 valence electrons. The second kappa shape index (κ2) is 8.22. The molecule has 0 aromatic heterocycles. The van der Waals surface area contributed by atoms with Crippen molar-refractivity contribution in [1.29, 1.82) is 0 Å². The van der Waals surface area contributed by atoms with Gasteiger partial charge in [-0.25, -0.2) is 0 Å². The second-order valence-corrected chi connectivity index (χ2v) is 6.75. The standard InChI is InChI=1S/C17H24ClNO3.ClH/c1-5-17(2,3)11-6-7-15(13(18)8-11)22-12-9-14(19-10-12)16(20)21-4;/h6-8,12,14,19H,5,9-10H2,1-4H3;1H/t12-,14+;/m1./s1. The molecule has 1 N–H and O–H groups in total. The molecule has 0 radical (unpaired) electrons. The molecule has 1 aliphatic heterocycles. The molecule has 1 aromatic rings. The van der Waals surface area contributed by atoms with Crippen molar-refractivity contribution in [1.82, 2.24) is 5.32 Å². The Kier molecular flexibility index (Phi) is 7.18. The average molecular weight is 362 g/mol. The van der Waals surface area contributed by atoms with Crippen LogP contribution in [0.2, 0.25) is 5.02 Å². The van der Waals surface area contributed by atoms with Crippen LogP contribution in [-0.4, -0.2) is 31.8 Å². The third-order valence-electron chi connectivity index (χ3n) is 4.47. The number of hydrogen-bond acceptors (Lipinski definition) is 4. The number of esters is 1. The fourth-order valence-electron chi connectivity index (χ4n) is 2.52. The van der Waals surface area contributed by atoms with Crippen LogP contribution in [0.5, 0.6) is 5.75 Å². The predicted molar refractivity (Wildman–Crippen MR) is 94.9 cm³/mol. The molecule has 1 saturated heterocycles. The van der Waals surface area contributed by atoms with E-state index in [2.05, 4.69) is 32.2 Å². The van der Waals surface area contributed by atoms with Crippen LogP contribution < -0.4 is 10.1 Å². The van der Waals surface area contributed by atoms with Crippen LogP contribution >= 0.6 is 24.0 Å².